The molecule has 0 saturated carbocycles. The Balaban J connectivity index is 3.28. The maximum atomic E-state index is 13.7. The largest absolute Gasteiger partial charge is 0.249 e. The quantitative estimate of drug-likeness (QED) is 0.818. The van der Waals surface area contributed by atoms with Gasteiger partial charge < -0.3 is 0 Å². The van der Waals surface area contributed by atoms with Gasteiger partial charge in [-0.2, -0.15) is 0 Å². The summed E-state index contributed by atoms with van der Waals surface area (Å²) in [6, 6.07) is 3.22. The zero-order valence-corrected chi connectivity index (χ0v) is 13.6. The molecule has 19 heavy (non-hydrogen) atoms. The van der Waals surface area contributed by atoms with E-state index in [0.29, 0.717) is 0 Å². The molecule has 1 unspecified atom stereocenters. The summed E-state index contributed by atoms with van der Waals surface area (Å²) in [7, 11) is -6.02. The van der Waals surface area contributed by atoms with Gasteiger partial charge in [-0.3, -0.25) is 0 Å². The van der Waals surface area contributed by atoms with E-state index in [9.17, 15) is 13.0 Å². The molecule has 0 spiro atoms. The van der Waals surface area contributed by atoms with Gasteiger partial charge in [-0.15, -0.1) is 0 Å². The molecule has 1 atom stereocenters. The lowest BCUT2D eigenvalue weighted by Gasteiger charge is -2.37. The van der Waals surface area contributed by atoms with Gasteiger partial charge in [-0.25, -0.2) is 22.2 Å². The van der Waals surface area contributed by atoms with E-state index < -0.39 is 34.7 Å². The fourth-order valence-electron chi connectivity index (χ4n) is 1.32. The average molecular weight is 306 g/mol. The number of rotatable bonds is 3. The maximum absolute atomic E-state index is 13.7. The van der Waals surface area contributed by atoms with Crippen LogP contribution in [0.25, 0.3) is 0 Å². The average Bonchev–Trinajstić information content (AvgIpc) is 2.12. The predicted octanol–water partition coefficient (Wildman–Crippen LogP) is 3.88. The minimum Gasteiger partial charge on any atom is -0.249 e. The monoisotopic (exact) mass is 306 g/mol. The van der Waals surface area contributed by atoms with Crippen molar-refractivity contribution in [3.63, 3.8) is 0 Å². The number of nitrogens with one attached hydrogen (secondary N) is 2. The third-order valence-electron chi connectivity index (χ3n) is 3.48. The first-order valence-corrected chi connectivity index (χ1v) is 10.5. The van der Waals surface area contributed by atoms with Crippen molar-refractivity contribution in [3.05, 3.63) is 29.8 Å². The van der Waals surface area contributed by atoms with Gasteiger partial charge in [0.05, 0.1) is 0 Å². The fraction of sp³-hybridized carbons (Fsp3) is 0.500. The standard InChI is InChI=1S/C12H20F2N2OSSi/c1-12(2,3)19(4,5)16-18(15,17)11-9(13)7-6-8-10(11)14/h6-8H,1-5H3,(H2,15,16,17). The van der Waals surface area contributed by atoms with Gasteiger partial charge in [0.15, 0.2) is 0 Å². The Kier molecular flexibility index (Phi) is 4.24. The first kappa shape index (κ1) is 16.3. The highest BCUT2D eigenvalue weighted by Crippen LogP contribution is 2.35. The molecule has 2 N–H and O–H groups in total. The Morgan fingerprint density at radius 3 is 2.00 bits per heavy atom. The molecule has 1 aromatic rings. The first-order valence-electron chi connectivity index (χ1n) is 5.90. The lowest BCUT2D eigenvalue weighted by atomic mass is 10.2. The first-order chi connectivity index (χ1) is 8.38. The second-order valence-electron chi connectivity index (χ2n) is 6.08. The molecule has 0 radical (unpaired) electrons. The van der Waals surface area contributed by atoms with Crippen LogP contribution in [-0.4, -0.2) is 12.4 Å². The van der Waals surface area contributed by atoms with Crippen LogP contribution in [0.15, 0.2) is 23.1 Å². The van der Waals surface area contributed by atoms with Gasteiger partial charge >= 0.3 is 0 Å². The summed E-state index contributed by atoms with van der Waals surface area (Å²) in [5.74, 6) is -1.91. The van der Waals surface area contributed by atoms with Crippen molar-refractivity contribution >= 4 is 18.2 Å². The van der Waals surface area contributed by atoms with Crippen LogP contribution in [0.4, 0.5) is 8.78 Å². The molecule has 0 fully saturated rings. The van der Waals surface area contributed by atoms with Crippen LogP contribution in [-0.2, 0) is 9.92 Å². The summed E-state index contributed by atoms with van der Waals surface area (Å²) in [6.07, 6.45) is 0. The van der Waals surface area contributed by atoms with E-state index in [-0.39, 0.29) is 5.04 Å². The number of benzene rings is 1. The molecular formula is C12H20F2N2OSSi. The van der Waals surface area contributed by atoms with E-state index >= 15 is 0 Å². The van der Waals surface area contributed by atoms with Gasteiger partial charge in [0.2, 0.25) is 0 Å². The topological polar surface area (TPSA) is 53.0 Å². The molecule has 7 heteroatoms. The van der Waals surface area contributed by atoms with Crippen LogP contribution in [0, 0.1) is 16.4 Å². The Bertz CT molecular complexity index is 560. The highest BCUT2D eigenvalue weighted by atomic mass is 32.2. The molecule has 0 aromatic heterocycles. The molecule has 1 rings (SSSR count). The van der Waals surface area contributed by atoms with E-state index in [2.05, 4.69) is 4.39 Å². The summed E-state index contributed by atoms with van der Waals surface area (Å²) in [5, 5.41) is -0.196. The molecule has 0 saturated heterocycles. The third-order valence-corrected chi connectivity index (χ3v) is 11.4. The van der Waals surface area contributed by atoms with Crippen molar-refractivity contribution < 1.29 is 13.0 Å². The lowest BCUT2D eigenvalue weighted by Crippen LogP contribution is -2.54. The molecule has 108 valence electrons. The summed E-state index contributed by atoms with van der Waals surface area (Å²) < 4.78 is 50.3. The number of hydrogen-bond donors (Lipinski definition) is 2. The Morgan fingerprint density at radius 1 is 1.21 bits per heavy atom. The smallest absolute Gasteiger partial charge is 0.144 e. The zero-order valence-electron chi connectivity index (χ0n) is 11.8. The number of halogens is 2. The van der Waals surface area contributed by atoms with Crippen molar-refractivity contribution in [2.45, 2.75) is 43.8 Å². The van der Waals surface area contributed by atoms with Crippen LogP contribution >= 0.6 is 0 Å². The predicted molar refractivity (Wildman–Crippen MR) is 75.8 cm³/mol. The molecule has 0 amide bonds. The van der Waals surface area contributed by atoms with Crippen molar-refractivity contribution in [1.82, 2.24) is 4.39 Å². The van der Waals surface area contributed by atoms with Crippen LogP contribution in [0.1, 0.15) is 20.8 Å². The highest BCUT2D eigenvalue weighted by molar-refractivity contribution is 7.92. The summed E-state index contributed by atoms with van der Waals surface area (Å²) in [4.78, 5) is -0.681. The molecule has 0 aliphatic rings. The van der Waals surface area contributed by atoms with Crippen LogP contribution in [0.3, 0.4) is 0 Å². The van der Waals surface area contributed by atoms with Crippen LogP contribution in [0.2, 0.25) is 18.1 Å². The Labute approximate surface area is 114 Å². The normalized spacial score (nSPS) is 16.2. The second kappa shape index (κ2) is 4.95. The molecule has 0 bridgehead atoms. The molecular weight excluding hydrogens is 286 g/mol. The van der Waals surface area contributed by atoms with Gasteiger partial charge in [0, 0.05) is 0 Å². The Hall–Kier alpha value is -0.793. The molecule has 0 heterocycles. The minimum absolute atomic E-state index is 0.196. The summed E-state index contributed by atoms with van der Waals surface area (Å²) in [5.41, 5.74) is 0. The molecule has 0 aliphatic carbocycles. The third kappa shape index (κ3) is 3.40. The Morgan fingerprint density at radius 2 is 1.63 bits per heavy atom. The summed E-state index contributed by atoms with van der Waals surface area (Å²) in [6.45, 7) is 9.65. The maximum Gasteiger partial charge on any atom is 0.144 e. The minimum atomic E-state index is -3.70. The molecule has 0 aliphatic heterocycles. The van der Waals surface area contributed by atoms with Crippen LogP contribution in [0.5, 0.6) is 0 Å². The molecule has 1 aromatic carbocycles. The SMILES string of the molecule is CC(C)(C)[Si](C)(C)NS(=N)(=O)c1c(F)cccc1F. The van der Waals surface area contributed by atoms with Crippen LogP contribution < -0.4 is 4.39 Å². The van der Waals surface area contributed by atoms with Gasteiger partial charge in [0.1, 0.15) is 34.7 Å². The van der Waals surface area contributed by atoms with Crippen molar-refractivity contribution in [2.24, 2.45) is 0 Å². The van der Waals surface area contributed by atoms with Crippen molar-refractivity contribution in [3.8, 4) is 0 Å². The van der Waals surface area contributed by atoms with E-state index in [1.54, 1.807) is 0 Å². The number of hydrogen-bond acceptors (Lipinski definition) is 2. The van der Waals surface area contributed by atoms with E-state index in [1.165, 1.54) is 6.07 Å². The second-order valence-corrected chi connectivity index (χ2v) is 13.2. The van der Waals surface area contributed by atoms with E-state index in [4.69, 9.17) is 4.78 Å². The van der Waals surface area contributed by atoms with Gasteiger partial charge in [-0.05, 0) is 17.2 Å². The lowest BCUT2D eigenvalue weighted by molar-refractivity contribution is 0.531. The fourth-order valence-corrected chi connectivity index (χ4v) is 6.51. The van der Waals surface area contributed by atoms with Gasteiger partial charge in [0.25, 0.3) is 0 Å². The van der Waals surface area contributed by atoms with Crippen molar-refractivity contribution in [1.29, 1.82) is 4.78 Å². The van der Waals surface area contributed by atoms with E-state index in [1.807, 2.05) is 33.9 Å². The zero-order chi connectivity index (χ0) is 15.1. The van der Waals surface area contributed by atoms with E-state index in [0.717, 1.165) is 12.1 Å². The van der Waals surface area contributed by atoms with Crippen molar-refractivity contribution in [2.75, 3.05) is 0 Å². The molecule has 3 nitrogen and oxygen atoms in total. The highest BCUT2D eigenvalue weighted by Gasteiger charge is 2.39. The summed E-state index contributed by atoms with van der Waals surface area (Å²) >= 11 is 0. The van der Waals surface area contributed by atoms with Gasteiger partial charge in [-0.1, -0.05) is 39.9 Å².